The maximum Gasteiger partial charge on any atom is 0.234 e. The number of thioether (sulfide) groups is 1. The molecule has 2 aromatic rings. The molecule has 3 nitrogen and oxygen atoms in total. The molecular formula is C15H15FN2OS. The Labute approximate surface area is 121 Å². The number of halogens is 1. The van der Waals surface area contributed by atoms with Gasteiger partial charge >= 0.3 is 0 Å². The molecule has 0 radical (unpaired) electrons. The standard InChI is InChI=1S/C15H15FN2OS/c1-10-2-7-13(17)14(8-10)20-9-15(19)18-12-5-3-11(16)4-6-12/h2-8H,9,17H2,1H3,(H,18,19). The lowest BCUT2D eigenvalue weighted by atomic mass is 10.2. The van der Waals surface area contributed by atoms with Crippen molar-refractivity contribution in [1.82, 2.24) is 0 Å². The quantitative estimate of drug-likeness (QED) is 0.670. The fourth-order valence-corrected chi connectivity index (χ4v) is 2.50. The van der Waals surface area contributed by atoms with Crippen LogP contribution in [0, 0.1) is 12.7 Å². The van der Waals surface area contributed by atoms with Crippen LogP contribution in [0.2, 0.25) is 0 Å². The van der Waals surface area contributed by atoms with E-state index in [0.29, 0.717) is 11.4 Å². The van der Waals surface area contributed by atoms with Gasteiger partial charge in [-0.15, -0.1) is 11.8 Å². The summed E-state index contributed by atoms with van der Waals surface area (Å²) in [5.74, 6) is -0.224. The molecule has 0 saturated heterocycles. The highest BCUT2D eigenvalue weighted by Crippen LogP contribution is 2.26. The third-order valence-corrected chi connectivity index (χ3v) is 3.73. The third kappa shape index (κ3) is 3.99. The highest BCUT2D eigenvalue weighted by molar-refractivity contribution is 8.00. The lowest BCUT2D eigenvalue weighted by Crippen LogP contribution is -2.14. The summed E-state index contributed by atoms with van der Waals surface area (Å²) >= 11 is 1.38. The minimum Gasteiger partial charge on any atom is -0.398 e. The average molecular weight is 290 g/mol. The van der Waals surface area contributed by atoms with Gasteiger partial charge in [0.05, 0.1) is 5.75 Å². The lowest BCUT2D eigenvalue weighted by molar-refractivity contribution is -0.113. The molecule has 0 aliphatic heterocycles. The van der Waals surface area contributed by atoms with E-state index < -0.39 is 0 Å². The number of aryl methyl sites for hydroxylation is 1. The van der Waals surface area contributed by atoms with E-state index in [1.54, 1.807) is 0 Å². The SMILES string of the molecule is Cc1ccc(N)c(SCC(=O)Nc2ccc(F)cc2)c1. The van der Waals surface area contributed by atoms with E-state index in [1.807, 2.05) is 25.1 Å². The van der Waals surface area contributed by atoms with E-state index in [1.165, 1.54) is 36.0 Å². The molecular weight excluding hydrogens is 275 g/mol. The zero-order valence-electron chi connectivity index (χ0n) is 11.0. The van der Waals surface area contributed by atoms with Crippen LogP contribution in [-0.4, -0.2) is 11.7 Å². The highest BCUT2D eigenvalue weighted by atomic mass is 32.2. The number of amides is 1. The number of hydrogen-bond donors (Lipinski definition) is 2. The van der Waals surface area contributed by atoms with Gasteiger partial charge in [0.1, 0.15) is 5.82 Å². The first-order valence-corrected chi connectivity index (χ1v) is 7.07. The normalized spacial score (nSPS) is 10.3. The minimum absolute atomic E-state index is 0.150. The molecule has 0 fully saturated rings. The van der Waals surface area contributed by atoms with Gasteiger partial charge in [-0.25, -0.2) is 4.39 Å². The van der Waals surface area contributed by atoms with Crippen molar-refractivity contribution in [2.24, 2.45) is 0 Å². The van der Waals surface area contributed by atoms with Crippen molar-refractivity contribution >= 4 is 29.0 Å². The van der Waals surface area contributed by atoms with Crippen molar-refractivity contribution in [3.05, 3.63) is 53.8 Å². The lowest BCUT2D eigenvalue weighted by Gasteiger charge is -2.07. The Morgan fingerprint density at radius 2 is 1.95 bits per heavy atom. The largest absolute Gasteiger partial charge is 0.398 e. The molecule has 5 heteroatoms. The molecule has 0 bridgehead atoms. The monoisotopic (exact) mass is 290 g/mol. The van der Waals surface area contributed by atoms with Crippen molar-refractivity contribution in [3.63, 3.8) is 0 Å². The summed E-state index contributed by atoms with van der Waals surface area (Å²) in [6.07, 6.45) is 0. The molecule has 0 aromatic heterocycles. The number of nitrogen functional groups attached to an aromatic ring is 1. The van der Waals surface area contributed by atoms with Gasteiger partial charge < -0.3 is 11.1 Å². The Kier molecular flexibility index (Phi) is 4.63. The van der Waals surface area contributed by atoms with Crippen LogP contribution in [-0.2, 0) is 4.79 Å². The van der Waals surface area contributed by atoms with Crippen LogP contribution in [0.15, 0.2) is 47.4 Å². The fourth-order valence-electron chi connectivity index (χ4n) is 1.64. The highest BCUT2D eigenvalue weighted by Gasteiger charge is 2.06. The maximum atomic E-state index is 12.7. The molecule has 2 aromatic carbocycles. The molecule has 0 aliphatic carbocycles. The van der Waals surface area contributed by atoms with Crippen LogP contribution in [0.4, 0.5) is 15.8 Å². The number of nitrogens with two attached hydrogens (primary N) is 1. The van der Waals surface area contributed by atoms with Gasteiger partial charge in [0.25, 0.3) is 0 Å². The van der Waals surface area contributed by atoms with Gasteiger partial charge in [-0.05, 0) is 48.9 Å². The first-order chi connectivity index (χ1) is 9.54. The molecule has 2 rings (SSSR count). The maximum absolute atomic E-state index is 12.7. The number of anilines is 2. The van der Waals surface area contributed by atoms with Crippen LogP contribution in [0.1, 0.15) is 5.56 Å². The van der Waals surface area contributed by atoms with Crippen molar-refractivity contribution in [2.45, 2.75) is 11.8 Å². The van der Waals surface area contributed by atoms with E-state index in [4.69, 9.17) is 5.73 Å². The number of carbonyl (C=O) groups excluding carboxylic acids is 1. The van der Waals surface area contributed by atoms with E-state index in [-0.39, 0.29) is 17.5 Å². The predicted octanol–water partition coefficient (Wildman–Crippen LogP) is 3.45. The average Bonchev–Trinajstić information content (AvgIpc) is 2.42. The Morgan fingerprint density at radius 1 is 1.25 bits per heavy atom. The van der Waals surface area contributed by atoms with Crippen molar-refractivity contribution in [3.8, 4) is 0 Å². The van der Waals surface area contributed by atoms with E-state index in [0.717, 1.165) is 10.5 Å². The second-order valence-corrected chi connectivity index (χ2v) is 5.40. The number of hydrogen-bond acceptors (Lipinski definition) is 3. The molecule has 0 unspecified atom stereocenters. The fraction of sp³-hybridized carbons (Fsp3) is 0.133. The first kappa shape index (κ1) is 14.4. The van der Waals surface area contributed by atoms with Crippen LogP contribution in [0.3, 0.4) is 0 Å². The van der Waals surface area contributed by atoms with Crippen molar-refractivity contribution < 1.29 is 9.18 Å². The van der Waals surface area contributed by atoms with E-state index >= 15 is 0 Å². The van der Waals surface area contributed by atoms with Gasteiger partial charge in [0.15, 0.2) is 0 Å². The number of nitrogens with one attached hydrogen (secondary N) is 1. The summed E-state index contributed by atoms with van der Waals surface area (Å²) in [5.41, 5.74) is 8.19. The topological polar surface area (TPSA) is 55.1 Å². The smallest absolute Gasteiger partial charge is 0.234 e. The Bertz CT molecular complexity index is 614. The minimum atomic E-state index is -0.329. The van der Waals surface area contributed by atoms with Gasteiger partial charge in [-0.1, -0.05) is 6.07 Å². The molecule has 0 saturated carbocycles. The molecule has 1 amide bonds. The molecule has 104 valence electrons. The second-order valence-electron chi connectivity index (χ2n) is 4.39. The van der Waals surface area contributed by atoms with Gasteiger partial charge in [0, 0.05) is 16.3 Å². The van der Waals surface area contributed by atoms with Gasteiger partial charge in [-0.3, -0.25) is 4.79 Å². The van der Waals surface area contributed by atoms with Crippen LogP contribution in [0.25, 0.3) is 0 Å². The van der Waals surface area contributed by atoms with Crippen LogP contribution < -0.4 is 11.1 Å². The Hall–Kier alpha value is -2.01. The number of benzene rings is 2. The zero-order chi connectivity index (χ0) is 14.5. The molecule has 0 heterocycles. The Balaban J connectivity index is 1.92. The summed E-state index contributed by atoms with van der Waals surface area (Å²) < 4.78 is 12.7. The summed E-state index contributed by atoms with van der Waals surface area (Å²) in [5, 5.41) is 2.71. The Morgan fingerprint density at radius 3 is 2.65 bits per heavy atom. The predicted molar refractivity (Wildman–Crippen MR) is 81.3 cm³/mol. The molecule has 0 aliphatic rings. The first-order valence-electron chi connectivity index (χ1n) is 6.09. The molecule has 0 atom stereocenters. The molecule has 20 heavy (non-hydrogen) atoms. The summed E-state index contributed by atoms with van der Waals surface area (Å²) in [7, 11) is 0. The van der Waals surface area contributed by atoms with Crippen molar-refractivity contribution in [2.75, 3.05) is 16.8 Å². The van der Waals surface area contributed by atoms with Crippen LogP contribution in [0.5, 0.6) is 0 Å². The van der Waals surface area contributed by atoms with Crippen LogP contribution >= 0.6 is 11.8 Å². The summed E-state index contributed by atoms with van der Waals surface area (Å²) in [6.45, 7) is 1.97. The second kappa shape index (κ2) is 6.43. The number of rotatable bonds is 4. The zero-order valence-corrected chi connectivity index (χ0v) is 11.8. The summed E-state index contributed by atoms with van der Waals surface area (Å²) in [4.78, 5) is 12.7. The van der Waals surface area contributed by atoms with E-state index in [2.05, 4.69) is 5.32 Å². The number of carbonyl (C=O) groups is 1. The summed E-state index contributed by atoms with van der Waals surface area (Å²) in [6, 6.07) is 11.4. The van der Waals surface area contributed by atoms with Gasteiger partial charge in [-0.2, -0.15) is 0 Å². The molecule has 0 spiro atoms. The molecule has 3 N–H and O–H groups in total. The van der Waals surface area contributed by atoms with Crippen molar-refractivity contribution in [1.29, 1.82) is 0 Å². The third-order valence-electron chi connectivity index (χ3n) is 2.66. The van der Waals surface area contributed by atoms with E-state index in [9.17, 15) is 9.18 Å². The van der Waals surface area contributed by atoms with Gasteiger partial charge in [0.2, 0.25) is 5.91 Å².